The monoisotopic (exact) mass is 250 g/mol. The summed E-state index contributed by atoms with van der Waals surface area (Å²) in [5.41, 5.74) is 0. The number of rotatable bonds is 5. The molecule has 6 heteroatoms. The molecular formula is C12H18N4O2. The van der Waals surface area contributed by atoms with E-state index in [1.165, 1.54) is 0 Å². The zero-order chi connectivity index (χ0) is 13.1. The van der Waals surface area contributed by atoms with Gasteiger partial charge in [0.15, 0.2) is 5.82 Å². The van der Waals surface area contributed by atoms with E-state index in [1.807, 2.05) is 17.8 Å². The quantitative estimate of drug-likeness (QED) is 0.868. The molecule has 2 aromatic heterocycles. The summed E-state index contributed by atoms with van der Waals surface area (Å²) in [7, 11) is 1.87. The second-order valence-corrected chi connectivity index (χ2v) is 4.86. The first kappa shape index (κ1) is 12.8. The zero-order valence-electron chi connectivity index (χ0n) is 10.9. The van der Waals surface area contributed by atoms with Gasteiger partial charge in [0.25, 0.3) is 0 Å². The number of hydrogen-bond donors (Lipinski definition) is 1. The van der Waals surface area contributed by atoms with Gasteiger partial charge >= 0.3 is 0 Å². The molecule has 98 valence electrons. The highest BCUT2D eigenvalue weighted by Gasteiger charge is 2.16. The molecule has 2 aromatic rings. The van der Waals surface area contributed by atoms with Gasteiger partial charge in [0.1, 0.15) is 0 Å². The minimum Gasteiger partial charge on any atom is -0.393 e. The van der Waals surface area contributed by atoms with Crippen LogP contribution >= 0.6 is 0 Å². The van der Waals surface area contributed by atoms with Gasteiger partial charge < -0.3 is 14.2 Å². The van der Waals surface area contributed by atoms with E-state index in [2.05, 4.69) is 29.0 Å². The van der Waals surface area contributed by atoms with E-state index < -0.39 is 6.10 Å². The molecule has 0 aromatic carbocycles. The normalized spacial score (nSPS) is 13.2. The topological polar surface area (TPSA) is 77.0 Å². The molecule has 0 aliphatic heterocycles. The lowest BCUT2D eigenvalue weighted by Gasteiger charge is -2.09. The lowest BCUT2D eigenvalue weighted by molar-refractivity contribution is 0.138. The molecule has 6 nitrogen and oxygen atoms in total. The molecular weight excluding hydrogens is 232 g/mol. The van der Waals surface area contributed by atoms with E-state index in [9.17, 15) is 5.11 Å². The Morgan fingerprint density at radius 3 is 2.83 bits per heavy atom. The van der Waals surface area contributed by atoms with Crippen LogP contribution < -0.4 is 0 Å². The van der Waals surface area contributed by atoms with Crippen LogP contribution in [0.15, 0.2) is 16.9 Å². The number of imidazole rings is 1. The van der Waals surface area contributed by atoms with E-state index in [-0.39, 0.29) is 0 Å². The van der Waals surface area contributed by atoms with Gasteiger partial charge in [-0.3, -0.25) is 0 Å². The van der Waals surface area contributed by atoms with Gasteiger partial charge in [-0.25, -0.2) is 4.98 Å². The third-order valence-corrected chi connectivity index (χ3v) is 2.64. The van der Waals surface area contributed by atoms with Crippen LogP contribution in [0.1, 0.15) is 26.2 Å². The average molecular weight is 250 g/mol. The van der Waals surface area contributed by atoms with Gasteiger partial charge in [-0.05, 0) is 12.3 Å². The summed E-state index contributed by atoms with van der Waals surface area (Å²) in [5.74, 6) is 2.00. The lowest BCUT2D eigenvalue weighted by Crippen LogP contribution is -2.13. The standard InChI is InChI=1S/C12H18N4O2/c1-8(2)6-9(17)7-10-14-11(15-18-10)12-13-4-5-16(12)3/h4-5,8-9,17H,6-7H2,1-3H3. The van der Waals surface area contributed by atoms with Crippen molar-refractivity contribution in [2.45, 2.75) is 32.8 Å². The summed E-state index contributed by atoms with van der Waals surface area (Å²) >= 11 is 0. The van der Waals surface area contributed by atoms with E-state index >= 15 is 0 Å². The fourth-order valence-electron chi connectivity index (χ4n) is 1.84. The Balaban J connectivity index is 2.05. The Kier molecular flexibility index (Phi) is 3.76. The van der Waals surface area contributed by atoms with Crippen molar-refractivity contribution in [3.8, 4) is 11.6 Å². The molecule has 0 radical (unpaired) electrons. The molecule has 18 heavy (non-hydrogen) atoms. The molecule has 0 aliphatic rings. The summed E-state index contributed by atoms with van der Waals surface area (Å²) in [6.45, 7) is 4.13. The van der Waals surface area contributed by atoms with E-state index in [4.69, 9.17) is 4.52 Å². The fourth-order valence-corrected chi connectivity index (χ4v) is 1.84. The number of aromatic nitrogens is 4. The van der Waals surface area contributed by atoms with Crippen molar-refractivity contribution in [1.29, 1.82) is 0 Å². The van der Waals surface area contributed by atoms with E-state index in [0.29, 0.717) is 29.9 Å². The summed E-state index contributed by atoms with van der Waals surface area (Å²) < 4.78 is 6.94. The first-order chi connectivity index (χ1) is 8.56. The van der Waals surface area contributed by atoms with Crippen LogP contribution in [-0.2, 0) is 13.5 Å². The van der Waals surface area contributed by atoms with Crippen molar-refractivity contribution in [2.24, 2.45) is 13.0 Å². The molecule has 2 heterocycles. The Morgan fingerprint density at radius 2 is 2.22 bits per heavy atom. The second kappa shape index (κ2) is 5.30. The molecule has 1 N–H and O–H groups in total. The SMILES string of the molecule is CC(C)CC(O)Cc1nc(-c2nccn2C)no1. The minimum atomic E-state index is -0.445. The van der Waals surface area contributed by atoms with Crippen LogP contribution in [-0.4, -0.2) is 30.9 Å². The van der Waals surface area contributed by atoms with Crippen LogP contribution in [0.4, 0.5) is 0 Å². The molecule has 0 saturated carbocycles. The Hall–Kier alpha value is -1.69. The van der Waals surface area contributed by atoms with Crippen molar-refractivity contribution >= 4 is 0 Å². The van der Waals surface area contributed by atoms with Crippen molar-refractivity contribution in [3.05, 3.63) is 18.3 Å². The highest BCUT2D eigenvalue weighted by atomic mass is 16.5. The first-order valence-corrected chi connectivity index (χ1v) is 6.04. The molecule has 0 amide bonds. The van der Waals surface area contributed by atoms with Gasteiger partial charge in [-0.15, -0.1) is 0 Å². The first-order valence-electron chi connectivity index (χ1n) is 6.04. The molecule has 2 rings (SSSR count). The maximum absolute atomic E-state index is 9.82. The van der Waals surface area contributed by atoms with E-state index in [0.717, 1.165) is 6.42 Å². The minimum absolute atomic E-state index is 0.385. The summed E-state index contributed by atoms with van der Waals surface area (Å²) in [4.78, 5) is 8.38. The number of hydrogen-bond acceptors (Lipinski definition) is 5. The molecule has 0 saturated heterocycles. The largest absolute Gasteiger partial charge is 0.393 e. The zero-order valence-corrected chi connectivity index (χ0v) is 10.9. The molecule has 0 bridgehead atoms. The van der Waals surface area contributed by atoms with Gasteiger partial charge in [0.2, 0.25) is 11.7 Å². The highest BCUT2D eigenvalue weighted by Crippen LogP contribution is 2.14. The lowest BCUT2D eigenvalue weighted by atomic mass is 10.0. The van der Waals surface area contributed by atoms with Crippen LogP contribution in [0, 0.1) is 5.92 Å². The van der Waals surface area contributed by atoms with Gasteiger partial charge in [0.05, 0.1) is 12.5 Å². The summed E-state index contributed by atoms with van der Waals surface area (Å²) in [5, 5.41) is 13.7. The predicted octanol–water partition coefficient (Wildman–Crippen LogP) is 1.42. The molecule has 0 spiro atoms. The summed E-state index contributed by atoms with van der Waals surface area (Å²) in [6.07, 6.45) is 4.16. The van der Waals surface area contributed by atoms with Crippen LogP contribution in [0.25, 0.3) is 11.6 Å². The molecule has 0 aliphatic carbocycles. The van der Waals surface area contributed by atoms with Gasteiger partial charge in [-0.1, -0.05) is 19.0 Å². The predicted molar refractivity (Wildman–Crippen MR) is 65.7 cm³/mol. The average Bonchev–Trinajstić information content (AvgIpc) is 2.85. The second-order valence-electron chi connectivity index (χ2n) is 4.86. The van der Waals surface area contributed by atoms with Crippen molar-refractivity contribution < 1.29 is 9.63 Å². The number of nitrogens with zero attached hydrogens (tertiary/aromatic N) is 4. The third kappa shape index (κ3) is 2.95. The summed E-state index contributed by atoms with van der Waals surface area (Å²) in [6, 6.07) is 0. The Morgan fingerprint density at radius 1 is 1.44 bits per heavy atom. The van der Waals surface area contributed by atoms with Crippen molar-refractivity contribution in [3.63, 3.8) is 0 Å². The number of aliphatic hydroxyl groups excluding tert-OH is 1. The van der Waals surface area contributed by atoms with Crippen LogP contribution in [0.5, 0.6) is 0 Å². The van der Waals surface area contributed by atoms with Gasteiger partial charge in [-0.2, -0.15) is 4.98 Å². The van der Waals surface area contributed by atoms with E-state index in [1.54, 1.807) is 6.20 Å². The number of aliphatic hydroxyl groups is 1. The molecule has 0 fully saturated rings. The Bertz CT molecular complexity index is 504. The van der Waals surface area contributed by atoms with Gasteiger partial charge in [0, 0.05) is 19.4 Å². The number of aryl methyl sites for hydroxylation is 1. The molecule has 1 unspecified atom stereocenters. The smallest absolute Gasteiger partial charge is 0.238 e. The highest BCUT2D eigenvalue weighted by molar-refractivity contribution is 5.42. The van der Waals surface area contributed by atoms with Crippen molar-refractivity contribution in [2.75, 3.05) is 0 Å². The Labute approximate surface area is 106 Å². The third-order valence-electron chi connectivity index (χ3n) is 2.64. The van der Waals surface area contributed by atoms with Crippen molar-refractivity contribution in [1.82, 2.24) is 19.7 Å². The maximum Gasteiger partial charge on any atom is 0.238 e. The maximum atomic E-state index is 9.82. The van der Waals surface area contributed by atoms with Crippen LogP contribution in [0.2, 0.25) is 0 Å². The van der Waals surface area contributed by atoms with Crippen LogP contribution in [0.3, 0.4) is 0 Å². The fraction of sp³-hybridized carbons (Fsp3) is 0.583. The molecule has 1 atom stereocenters.